The Labute approximate surface area is 262 Å². The molecule has 11 heteroatoms. The maximum Gasteiger partial charge on any atom is 0.404 e. The summed E-state index contributed by atoms with van der Waals surface area (Å²) in [5.41, 5.74) is 5.65. The zero-order valence-corrected chi connectivity index (χ0v) is 26.3. The molecule has 0 radical (unpaired) electrons. The van der Waals surface area contributed by atoms with Crippen LogP contribution in [0, 0.1) is 47.3 Å². The Bertz CT molecular complexity index is 1060. The minimum Gasteiger partial charge on any atom is -0.446 e. The van der Waals surface area contributed by atoms with Crippen molar-refractivity contribution in [1.82, 2.24) is 42.5 Å². The third kappa shape index (κ3) is 5.03. The van der Waals surface area contributed by atoms with E-state index in [1.54, 1.807) is 0 Å². The van der Waals surface area contributed by atoms with Crippen molar-refractivity contribution in [1.29, 1.82) is 0 Å². The summed E-state index contributed by atoms with van der Waals surface area (Å²) in [5, 5.41) is 33.2. The van der Waals surface area contributed by atoms with E-state index in [0.717, 1.165) is 19.3 Å². The Morgan fingerprint density at radius 2 is 0.705 bits per heavy atom. The van der Waals surface area contributed by atoms with Crippen LogP contribution in [0.25, 0.3) is 0 Å². The topological polar surface area (TPSA) is 149 Å². The maximum absolute atomic E-state index is 12.1. The van der Waals surface area contributed by atoms with Gasteiger partial charge in [0.1, 0.15) is 6.10 Å². The number of nitrogens with one attached hydrogen (secondary N) is 8. The van der Waals surface area contributed by atoms with Crippen molar-refractivity contribution in [2.75, 3.05) is 0 Å². The van der Waals surface area contributed by atoms with Gasteiger partial charge in [-0.15, -0.1) is 0 Å². The average molecular weight is 612 g/mol. The van der Waals surface area contributed by atoms with E-state index >= 15 is 0 Å². The van der Waals surface area contributed by atoms with Crippen molar-refractivity contribution in [2.45, 2.75) is 152 Å². The summed E-state index contributed by atoms with van der Waals surface area (Å²) in [6, 6.07) is 0. The van der Waals surface area contributed by atoms with Crippen LogP contribution in [-0.4, -0.2) is 61.5 Å². The third-order valence-electron chi connectivity index (χ3n) is 14.1. The molecule has 0 aromatic rings. The van der Waals surface area contributed by atoms with Gasteiger partial charge in [0.2, 0.25) is 0 Å². The molecule has 11 nitrogen and oxygen atoms in total. The molecule has 10 N–H and O–H groups in total. The SMILES string of the molecule is NC(=O)OC1CCCC2C3NC4NC(NC5NC(NC6NC(NC(N3)C12)C1CCCCC61)C1CCCCC51)C1CCCCC41. The maximum atomic E-state index is 12.1. The molecule has 4 saturated carbocycles. The van der Waals surface area contributed by atoms with E-state index in [0.29, 0.717) is 66.1 Å². The van der Waals surface area contributed by atoms with Gasteiger partial charge in [-0.3, -0.25) is 42.5 Å². The Hall–Kier alpha value is -1.05. The van der Waals surface area contributed by atoms with E-state index < -0.39 is 6.09 Å². The summed E-state index contributed by atoms with van der Waals surface area (Å²) in [7, 11) is 0. The van der Waals surface area contributed by atoms with Crippen molar-refractivity contribution in [3.63, 3.8) is 0 Å². The summed E-state index contributed by atoms with van der Waals surface area (Å²) in [4.78, 5) is 12.1. The second-order valence-corrected chi connectivity index (χ2v) is 16.1. The first kappa shape index (κ1) is 29.1. The fourth-order valence-corrected chi connectivity index (χ4v) is 12.3. The third-order valence-corrected chi connectivity index (χ3v) is 14.1. The molecule has 9 fully saturated rings. The Kier molecular flexibility index (Phi) is 7.86. The van der Waals surface area contributed by atoms with Crippen LogP contribution in [0.3, 0.4) is 0 Å². The largest absolute Gasteiger partial charge is 0.446 e. The van der Waals surface area contributed by atoms with Gasteiger partial charge in [0, 0.05) is 5.92 Å². The molecule has 44 heavy (non-hydrogen) atoms. The second kappa shape index (κ2) is 11.9. The number of primary amides is 1. The highest BCUT2D eigenvalue weighted by Crippen LogP contribution is 2.46. The molecule has 8 bridgehead atoms. The predicted molar refractivity (Wildman–Crippen MR) is 167 cm³/mol. The zero-order valence-electron chi connectivity index (χ0n) is 26.3. The summed E-state index contributed by atoms with van der Waals surface area (Å²) in [5.74, 6) is 4.45. The summed E-state index contributed by atoms with van der Waals surface area (Å²) in [6.07, 6.45) is 20.1. The van der Waals surface area contributed by atoms with Gasteiger partial charge in [0.25, 0.3) is 0 Å². The van der Waals surface area contributed by atoms with Crippen molar-refractivity contribution in [3.05, 3.63) is 0 Å². The van der Waals surface area contributed by atoms with E-state index in [-0.39, 0.29) is 36.7 Å². The Morgan fingerprint density at radius 1 is 0.409 bits per heavy atom. The van der Waals surface area contributed by atoms with Crippen molar-refractivity contribution in [2.24, 2.45) is 53.1 Å². The predicted octanol–water partition coefficient (Wildman–Crippen LogP) is 1.68. The normalized spacial score (nSPS) is 55.0. The molecule has 1 amide bonds. The van der Waals surface area contributed by atoms with Crippen LogP contribution in [0.1, 0.15) is 96.3 Å². The highest BCUT2D eigenvalue weighted by Gasteiger charge is 2.56. The lowest BCUT2D eigenvalue weighted by molar-refractivity contribution is 0.00948. The van der Waals surface area contributed by atoms with Crippen LogP contribution < -0.4 is 48.3 Å². The number of carbonyl (C=O) groups is 1. The molecule has 0 aromatic heterocycles. The summed E-state index contributed by atoms with van der Waals surface area (Å²) < 4.78 is 5.86. The fourth-order valence-electron chi connectivity index (χ4n) is 12.3. The van der Waals surface area contributed by atoms with Gasteiger partial charge in [-0.2, -0.15) is 0 Å². The van der Waals surface area contributed by atoms with Gasteiger partial charge in [-0.05, 0) is 99.2 Å². The molecule has 5 heterocycles. The molecule has 246 valence electrons. The number of hydrogen-bond donors (Lipinski definition) is 9. The second-order valence-electron chi connectivity index (χ2n) is 16.1. The number of rotatable bonds is 1. The number of nitrogens with two attached hydrogens (primary N) is 1. The first-order valence-electron chi connectivity index (χ1n) is 18.7. The lowest BCUT2D eigenvalue weighted by Gasteiger charge is -2.38. The van der Waals surface area contributed by atoms with E-state index in [2.05, 4.69) is 42.5 Å². The van der Waals surface area contributed by atoms with Crippen molar-refractivity contribution in [3.8, 4) is 0 Å². The van der Waals surface area contributed by atoms with Gasteiger partial charge in [0.15, 0.2) is 0 Å². The first-order valence-corrected chi connectivity index (χ1v) is 18.7. The van der Waals surface area contributed by atoms with E-state index in [4.69, 9.17) is 10.5 Å². The van der Waals surface area contributed by atoms with Gasteiger partial charge >= 0.3 is 6.09 Å². The van der Waals surface area contributed by atoms with E-state index in [1.807, 2.05) is 0 Å². The molecule has 0 spiro atoms. The molecule has 4 aliphatic carbocycles. The lowest BCUT2D eigenvalue weighted by Crippen LogP contribution is -2.62. The van der Waals surface area contributed by atoms with Crippen LogP contribution in [0.2, 0.25) is 0 Å². The van der Waals surface area contributed by atoms with Gasteiger partial charge < -0.3 is 10.5 Å². The van der Waals surface area contributed by atoms with Gasteiger partial charge in [-0.1, -0.05) is 38.5 Å². The minimum atomic E-state index is -0.639. The molecule has 17 unspecified atom stereocenters. The molecular weight excluding hydrogens is 554 g/mol. The number of carbonyl (C=O) groups excluding carboxylic acids is 1. The number of fused-ring (bicyclic) bond motifs is 20. The standard InChI is InChI=1S/C33H57N9O2/c34-33(43)44-23-15-7-14-22-24(23)32-41-30-21-13-6-5-12-20(21)28(39-30)37-26-17-9-2-1-8-16(17)25(35-26)36-27-18-10-3-4-11-19(18)29(38-27)40-31(22)42-32/h16-32,35-42H,1-15H2,(H2,34,43). The quantitative estimate of drug-likeness (QED) is 0.215. The van der Waals surface area contributed by atoms with Crippen LogP contribution in [0.15, 0.2) is 0 Å². The molecular formula is C33H57N9O2. The monoisotopic (exact) mass is 611 g/mol. The van der Waals surface area contributed by atoms with E-state index in [9.17, 15) is 4.79 Å². The van der Waals surface area contributed by atoms with Crippen molar-refractivity contribution >= 4 is 6.09 Å². The number of hydrogen-bond acceptors (Lipinski definition) is 10. The fraction of sp³-hybridized carbons (Fsp3) is 0.970. The Morgan fingerprint density at radius 3 is 1.05 bits per heavy atom. The molecule has 0 aromatic carbocycles. The lowest BCUT2D eigenvalue weighted by atomic mass is 9.75. The van der Waals surface area contributed by atoms with Crippen LogP contribution in [0.4, 0.5) is 4.79 Å². The van der Waals surface area contributed by atoms with E-state index in [1.165, 1.54) is 77.0 Å². The van der Waals surface area contributed by atoms with Crippen LogP contribution >= 0.6 is 0 Å². The molecule has 5 aliphatic heterocycles. The summed E-state index contributed by atoms with van der Waals surface area (Å²) >= 11 is 0. The molecule has 9 rings (SSSR count). The minimum absolute atomic E-state index is 0.0584. The zero-order chi connectivity index (χ0) is 29.4. The van der Waals surface area contributed by atoms with Crippen LogP contribution in [0.5, 0.6) is 0 Å². The number of ether oxygens (including phenoxy) is 1. The van der Waals surface area contributed by atoms with Crippen LogP contribution in [-0.2, 0) is 4.74 Å². The highest BCUT2D eigenvalue weighted by molar-refractivity contribution is 5.64. The highest BCUT2D eigenvalue weighted by atomic mass is 16.6. The van der Waals surface area contributed by atoms with Gasteiger partial charge in [0.05, 0.1) is 49.3 Å². The van der Waals surface area contributed by atoms with Crippen molar-refractivity contribution < 1.29 is 9.53 Å². The first-order chi connectivity index (χ1) is 21.6. The smallest absolute Gasteiger partial charge is 0.404 e. The Balaban J connectivity index is 1.06. The molecule has 5 saturated heterocycles. The molecule has 17 atom stereocenters. The average Bonchev–Trinajstić information content (AvgIpc) is 3.77. The van der Waals surface area contributed by atoms with Gasteiger partial charge in [-0.25, -0.2) is 4.79 Å². The molecule has 9 aliphatic rings. The number of amides is 1. The summed E-state index contributed by atoms with van der Waals surface area (Å²) in [6.45, 7) is 0.